The summed E-state index contributed by atoms with van der Waals surface area (Å²) in [6, 6.07) is 3.33. The topological polar surface area (TPSA) is 64.6 Å². The molecule has 0 radical (unpaired) electrons. The van der Waals surface area contributed by atoms with Crippen LogP contribution in [0.4, 0.5) is 9.18 Å². The Bertz CT molecular complexity index is 643. The lowest BCUT2D eigenvalue weighted by Crippen LogP contribution is -2.49. The molecule has 146 valence electrons. The monoisotopic (exact) mass is 387 g/mol. The first kappa shape index (κ1) is 22.2. The quantitative estimate of drug-likeness (QED) is 0.720. The Morgan fingerprint density at radius 3 is 2.38 bits per heavy atom. The summed E-state index contributed by atoms with van der Waals surface area (Å²) in [5.41, 5.74) is -0.302. The van der Waals surface area contributed by atoms with Crippen molar-refractivity contribution in [2.24, 2.45) is 5.92 Å². The van der Waals surface area contributed by atoms with Crippen LogP contribution in [0.1, 0.15) is 53.0 Å². The number of carbonyl (C=O) groups is 2. The third kappa shape index (κ3) is 6.16. The second kappa shape index (κ2) is 9.21. The van der Waals surface area contributed by atoms with Gasteiger partial charge in [-0.3, -0.25) is 0 Å². The Hall–Kier alpha value is -1.82. The molecule has 7 heteroatoms. The number of alkyl carbamates (subject to hydrolysis) is 1. The largest absolute Gasteiger partial charge is 0.464 e. The SMILES string of the molecule is CCOC(=O)C(NC(=O)OC(C)(C)C)C(c1cccc(F)c1Cl)C(C)C. The maximum atomic E-state index is 13.9. The number of hydrogen-bond acceptors (Lipinski definition) is 4. The molecule has 0 aromatic heterocycles. The fourth-order valence-corrected chi connectivity index (χ4v) is 2.92. The van der Waals surface area contributed by atoms with Crippen molar-refractivity contribution in [3.63, 3.8) is 0 Å². The summed E-state index contributed by atoms with van der Waals surface area (Å²) in [6.07, 6.45) is -0.756. The molecule has 0 fully saturated rings. The number of esters is 1. The molecule has 0 spiro atoms. The van der Waals surface area contributed by atoms with Gasteiger partial charge in [0, 0.05) is 5.92 Å². The number of benzene rings is 1. The highest BCUT2D eigenvalue weighted by atomic mass is 35.5. The minimum Gasteiger partial charge on any atom is -0.464 e. The van der Waals surface area contributed by atoms with E-state index in [9.17, 15) is 14.0 Å². The van der Waals surface area contributed by atoms with Gasteiger partial charge in [0.2, 0.25) is 0 Å². The van der Waals surface area contributed by atoms with E-state index >= 15 is 0 Å². The first-order valence-electron chi connectivity index (χ1n) is 8.58. The Morgan fingerprint density at radius 1 is 1.27 bits per heavy atom. The van der Waals surface area contributed by atoms with Crippen LogP contribution in [0.3, 0.4) is 0 Å². The van der Waals surface area contributed by atoms with E-state index in [4.69, 9.17) is 21.1 Å². The van der Waals surface area contributed by atoms with Gasteiger partial charge in [-0.25, -0.2) is 14.0 Å². The molecule has 1 N–H and O–H groups in total. The average molecular weight is 388 g/mol. The second-order valence-corrected chi connectivity index (χ2v) is 7.67. The Morgan fingerprint density at radius 2 is 1.88 bits per heavy atom. The number of hydrogen-bond donors (Lipinski definition) is 1. The van der Waals surface area contributed by atoms with E-state index in [1.165, 1.54) is 12.1 Å². The van der Waals surface area contributed by atoms with Gasteiger partial charge in [-0.05, 0) is 45.2 Å². The van der Waals surface area contributed by atoms with Gasteiger partial charge in [0.05, 0.1) is 11.6 Å². The van der Waals surface area contributed by atoms with Crippen molar-refractivity contribution in [2.75, 3.05) is 6.61 Å². The van der Waals surface area contributed by atoms with E-state index in [0.717, 1.165) is 0 Å². The van der Waals surface area contributed by atoms with Crippen molar-refractivity contribution >= 4 is 23.7 Å². The first-order valence-corrected chi connectivity index (χ1v) is 8.95. The van der Waals surface area contributed by atoms with Crippen molar-refractivity contribution < 1.29 is 23.5 Å². The van der Waals surface area contributed by atoms with Gasteiger partial charge >= 0.3 is 12.1 Å². The molecule has 26 heavy (non-hydrogen) atoms. The molecular formula is C19H27ClFNO4. The number of amides is 1. The summed E-state index contributed by atoms with van der Waals surface area (Å²) in [5, 5.41) is 2.49. The summed E-state index contributed by atoms with van der Waals surface area (Å²) in [6.45, 7) is 10.7. The second-order valence-electron chi connectivity index (χ2n) is 7.29. The molecule has 0 bridgehead atoms. The molecule has 0 saturated carbocycles. The molecule has 1 aromatic rings. The van der Waals surface area contributed by atoms with E-state index in [0.29, 0.717) is 5.56 Å². The molecular weight excluding hydrogens is 361 g/mol. The molecule has 1 rings (SSSR count). The van der Waals surface area contributed by atoms with Crippen LogP contribution in [-0.4, -0.2) is 30.3 Å². The van der Waals surface area contributed by atoms with E-state index in [2.05, 4.69) is 5.32 Å². The maximum Gasteiger partial charge on any atom is 0.408 e. The molecule has 2 atom stereocenters. The number of ether oxygens (including phenoxy) is 2. The minimum absolute atomic E-state index is 0.0773. The van der Waals surface area contributed by atoms with Crippen LogP contribution in [0.15, 0.2) is 18.2 Å². The highest BCUT2D eigenvalue weighted by Gasteiger charge is 2.37. The Balaban J connectivity index is 3.29. The number of rotatable bonds is 6. The molecule has 2 unspecified atom stereocenters. The summed E-state index contributed by atoms with van der Waals surface area (Å²) in [4.78, 5) is 24.8. The van der Waals surface area contributed by atoms with Crippen LogP contribution >= 0.6 is 11.6 Å². The van der Waals surface area contributed by atoms with Gasteiger partial charge in [0.15, 0.2) is 0 Å². The van der Waals surface area contributed by atoms with Crippen LogP contribution in [0.2, 0.25) is 5.02 Å². The molecule has 5 nitrogen and oxygen atoms in total. The molecule has 0 saturated heterocycles. The first-order chi connectivity index (χ1) is 12.0. The predicted octanol–water partition coefficient (Wildman–Crippen LogP) is 4.68. The number of nitrogens with one attached hydrogen (secondary N) is 1. The number of carbonyl (C=O) groups excluding carboxylic acids is 2. The van der Waals surface area contributed by atoms with Crippen LogP contribution < -0.4 is 5.32 Å². The molecule has 0 aliphatic rings. The van der Waals surface area contributed by atoms with E-state index in [1.807, 2.05) is 13.8 Å². The normalized spacial score (nSPS) is 13.9. The zero-order chi connectivity index (χ0) is 20.1. The molecule has 1 aromatic carbocycles. The van der Waals surface area contributed by atoms with Crippen LogP contribution in [0, 0.1) is 11.7 Å². The lowest BCUT2D eigenvalue weighted by atomic mass is 9.82. The van der Waals surface area contributed by atoms with Gasteiger partial charge in [0.25, 0.3) is 0 Å². The van der Waals surface area contributed by atoms with Crippen molar-refractivity contribution in [1.82, 2.24) is 5.32 Å². The zero-order valence-electron chi connectivity index (χ0n) is 16.1. The highest BCUT2D eigenvalue weighted by Crippen LogP contribution is 2.35. The van der Waals surface area contributed by atoms with Crippen LogP contribution in [0.5, 0.6) is 0 Å². The lowest BCUT2D eigenvalue weighted by molar-refractivity contribution is -0.146. The molecule has 1 amide bonds. The van der Waals surface area contributed by atoms with Crippen LogP contribution in [0.25, 0.3) is 0 Å². The van der Waals surface area contributed by atoms with Crippen molar-refractivity contribution in [1.29, 1.82) is 0 Å². The lowest BCUT2D eigenvalue weighted by Gasteiger charge is -2.31. The van der Waals surface area contributed by atoms with E-state index in [-0.39, 0.29) is 17.5 Å². The predicted molar refractivity (Wildman–Crippen MR) is 98.8 cm³/mol. The average Bonchev–Trinajstić information content (AvgIpc) is 2.48. The summed E-state index contributed by atoms with van der Waals surface area (Å²) in [7, 11) is 0. The minimum atomic E-state index is -1.07. The Labute approximate surface area is 159 Å². The Kier molecular flexibility index (Phi) is 7.87. The number of halogens is 2. The smallest absolute Gasteiger partial charge is 0.408 e. The van der Waals surface area contributed by atoms with Crippen molar-refractivity contribution in [3.8, 4) is 0 Å². The van der Waals surface area contributed by atoms with Gasteiger partial charge in [-0.15, -0.1) is 0 Å². The third-order valence-electron chi connectivity index (χ3n) is 3.63. The van der Waals surface area contributed by atoms with Crippen LogP contribution in [-0.2, 0) is 14.3 Å². The van der Waals surface area contributed by atoms with Crippen molar-refractivity contribution in [2.45, 2.75) is 59.1 Å². The third-order valence-corrected chi connectivity index (χ3v) is 4.03. The molecule has 0 heterocycles. The highest BCUT2D eigenvalue weighted by molar-refractivity contribution is 6.31. The zero-order valence-corrected chi connectivity index (χ0v) is 16.8. The van der Waals surface area contributed by atoms with E-state index < -0.39 is 35.4 Å². The fourth-order valence-electron chi connectivity index (χ4n) is 2.66. The van der Waals surface area contributed by atoms with E-state index in [1.54, 1.807) is 33.8 Å². The van der Waals surface area contributed by atoms with Gasteiger partial charge in [0.1, 0.15) is 17.5 Å². The molecule has 0 aliphatic carbocycles. The summed E-state index contributed by atoms with van der Waals surface area (Å²) >= 11 is 6.13. The summed E-state index contributed by atoms with van der Waals surface area (Å²) < 4.78 is 24.3. The maximum absolute atomic E-state index is 13.9. The molecule has 0 aliphatic heterocycles. The van der Waals surface area contributed by atoms with Gasteiger partial charge < -0.3 is 14.8 Å². The van der Waals surface area contributed by atoms with Crippen molar-refractivity contribution in [3.05, 3.63) is 34.6 Å². The standard InChI is InChI=1S/C19H27ClFNO4/c1-7-25-17(23)16(22-18(24)26-19(4,5)6)14(11(2)3)12-9-8-10-13(21)15(12)20/h8-11,14,16H,7H2,1-6H3,(H,22,24). The van der Waals surface area contributed by atoms with Gasteiger partial charge in [-0.1, -0.05) is 37.6 Å². The fraction of sp³-hybridized carbons (Fsp3) is 0.579. The van der Waals surface area contributed by atoms with Gasteiger partial charge in [-0.2, -0.15) is 0 Å². The summed E-state index contributed by atoms with van der Waals surface area (Å²) in [5.74, 6) is -1.95.